The summed E-state index contributed by atoms with van der Waals surface area (Å²) in [7, 11) is 0. The van der Waals surface area contributed by atoms with E-state index >= 15 is 0 Å². The van der Waals surface area contributed by atoms with Crippen molar-refractivity contribution in [3.8, 4) is 22.5 Å². The van der Waals surface area contributed by atoms with Gasteiger partial charge in [0.05, 0.1) is 11.2 Å². The summed E-state index contributed by atoms with van der Waals surface area (Å²) in [6.07, 6.45) is 12.5. The zero-order valence-corrected chi connectivity index (χ0v) is 24.5. The Morgan fingerprint density at radius 1 is 0.976 bits per heavy atom. The third-order valence-electron chi connectivity index (χ3n) is 9.42. The van der Waals surface area contributed by atoms with Crippen LogP contribution in [0.4, 0.5) is 5.82 Å². The molecule has 4 heterocycles. The van der Waals surface area contributed by atoms with Crippen LogP contribution in [0.5, 0.6) is 0 Å². The summed E-state index contributed by atoms with van der Waals surface area (Å²) < 4.78 is 2.17. The molecule has 1 saturated carbocycles. The standard InChI is InChI=1S/C35H41N7/c1-2-29(41-18-6-7-19-41)11-8-16-37-28-21-27(22-28)35-40-32(33-34(36)38-17-20-42(33)35)26-13-12-25-14-15-30(39-31(25)23-26)24-9-4-3-5-10-24/h3-5,9-10,12-15,17,20,23,27-29,37H,2,6-8,11,16,18-19,21-22H2,1H3,(H2,36,38). The summed E-state index contributed by atoms with van der Waals surface area (Å²) in [5.74, 6) is 2.00. The normalized spacial score (nSPS) is 19.8. The molecule has 2 aliphatic rings. The Morgan fingerprint density at radius 2 is 1.79 bits per heavy atom. The van der Waals surface area contributed by atoms with Crippen LogP contribution in [0.2, 0.25) is 0 Å². The smallest absolute Gasteiger partial charge is 0.150 e. The van der Waals surface area contributed by atoms with E-state index in [9.17, 15) is 0 Å². The molecule has 42 heavy (non-hydrogen) atoms. The van der Waals surface area contributed by atoms with Gasteiger partial charge in [-0.2, -0.15) is 0 Å². The van der Waals surface area contributed by atoms with Crippen molar-refractivity contribution in [2.24, 2.45) is 0 Å². The molecular weight excluding hydrogens is 518 g/mol. The Labute approximate surface area is 248 Å². The Kier molecular flexibility index (Phi) is 7.61. The van der Waals surface area contributed by atoms with Crippen molar-refractivity contribution in [1.29, 1.82) is 0 Å². The molecule has 0 spiro atoms. The minimum atomic E-state index is 0.404. The van der Waals surface area contributed by atoms with Gasteiger partial charge in [-0.05, 0) is 76.7 Å². The number of fused-ring (bicyclic) bond motifs is 2. The fraction of sp³-hybridized carbons (Fsp3) is 0.400. The maximum atomic E-state index is 6.47. The van der Waals surface area contributed by atoms with Crippen molar-refractivity contribution < 1.29 is 0 Å². The Hall–Kier alpha value is -3.81. The third kappa shape index (κ3) is 5.27. The van der Waals surface area contributed by atoms with Gasteiger partial charge < -0.3 is 16.0 Å². The zero-order valence-electron chi connectivity index (χ0n) is 24.5. The van der Waals surface area contributed by atoms with Crippen molar-refractivity contribution in [1.82, 2.24) is 29.6 Å². The first kappa shape index (κ1) is 27.0. The van der Waals surface area contributed by atoms with Gasteiger partial charge in [0.25, 0.3) is 0 Å². The number of imidazole rings is 1. The SMILES string of the molecule is CCC(CCCNC1CC(c2nc(-c3ccc4ccc(-c5ccccc5)nc4c3)c3c(N)nccn23)C1)N1CCCC1. The largest absolute Gasteiger partial charge is 0.382 e. The molecule has 2 fully saturated rings. The van der Waals surface area contributed by atoms with Crippen molar-refractivity contribution >= 4 is 22.2 Å². The molecule has 1 unspecified atom stereocenters. The highest BCUT2D eigenvalue weighted by Gasteiger charge is 2.34. The predicted octanol–water partition coefficient (Wildman–Crippen LogP) is 6.68. The molecule has 2 aromatic carbocycles. The molecule has 1 aliphatic heterocycles. The molecule has 3 aromatic heterocycles. The van der Waals surface area contributed by atoms with Crippen molar-refractivity contribution in [2.45, 2.75) is 69.9 Å². The number of nitrogen functional groups attached to an aromatic ring is 1. The maximum Gasteiger partial charge on any atom is 0.150 e. The number of nitrogens with one attached hydrogen (secondary N) is 1. The average Bonchev–Trinajstić information content (AvgIpc) is 3.68. The number of benzene rings is 2. The number of rotatable bonds is 10. The monoisotopic (exact) mass is 559 g/mol. The molecule has 216 valence electrons. The van der Waals surface area contributed by atoms with Crippen LogP contribution in [0.15, 0.2) is 73.1 Å². The van der Waals surface area contributed by atoms with Crippen LogP contribution in [-0.4, -0.2) is 56.0 Å². The van der Waals surface area contributed by atoms with E-state index < -0.39 is 0 Å². The number of likely N-dealkylation sites (tertiary alicyclic amines) is 1. The highest BCUT2D eigenvalue weighted by Crippen LogP contribution is 2.40. The summed E-state index contributed by atoms with van der Waals surface area (Å²) in [6, 6.07) is 22.2. The summed E-state index contributed by atoms with van der Waals surface area (Å²) in [6.45, 7) is 6.03. The number of hydrogen-bond donors (Lipinski definition) is 2. The molecular formula is C35H41N7. The second-order valence-electron chi connectivity index (χ2n) is 12.1. The van der Waals surface area contributed by atoms with Gasteiger partial charge in [0.2, 0.25) is 0 Å². The Morgan fingerprint density at radius 3 is 2.60 bits per heavy atom. The molecule has 1 aliphatic carbocycles. The number of aromatic nitrogens is 4. The average molecular weight is 560 g/mol. The molecule has 0 amide bonds. The molecule has 0 bridgehead atoms. The quantitative estimate of drug-likeness (QED) is 0.186. The van der Waals surface area contributed by atoms with E-state index in [4.69, 9.17) is 15.7 Å². The Balaban J connectivity index is 1.07. The summed E-state index contributed by atoms with van der Waals surface area (Å²) in [5, 5.41) is 4.93. The molecule has 7 heteroatoms. The lowest BCUT2D eigenvalue weighted by Gasteiger charge is -2.35. The first-order valence-corrected chi connectivity index (χ1v) is 15.7. The predicted molar refractivity (Wildman–Crippen MR) is 171 cm³/mol. The van der Waals surface area contributed by atoms with Crippen LogP contribution in [0.3, 0.4) is 0 Å². The van der Waals surface area contributed by atoms with Gasteiger partial charge in [0.15, 0.2) is 0 Å². The molecule has 3 N–H and O–H groups in total. The van der Waals surface area contributed by atoms with Crippen LogP contribution >= 0.6 is 0 Å². The van der Waals surface area contributed by atoms with Crippen molar-refractivity contribution in [3.63, 3.8) is 0 Å². The van der Waals surface area contributed by atoms with E-state index in [0.717, 1.165) is 70.2 Å². The fourth-order valence-electron chi connectivity index (χ4n) is 7.00. The summed E-state index contributed by atoms with van der Waals surface area (Å²) >= 11 is 0. The highest BCUT2D eigenvalue weighted by molar-refractivity contribution is 5.91. The summed E-state index contributed by atoms with van der Waals surface area (Å²) in [4.78, 5) is 17.3. The van der Waals surface area contributed by atoms with Gasteiger partial charge in [0, 0.05) is 46.9 Å². The molecule has 1 atom stereocenters. The maximum absolute atomic E-state index is 6.47. The number of pyridine rings is 1. The zero-order chi connectivity index (χ0) is 28.5. The van der Waals surface area contributed by atoms with Crippen molar-refractivity contribution in [3.05, 3.63) is 78.9 Å². The van der Waals surface area contributed by atoms with Crippen LogP contribution in [0, 0.1) is 0 Å². The number of hydrogen-bond acceptors (Lipinski definition) is 6. The first-order chi connectivity index (χ1) is 20.7. The van der Waals surface area contributed by atoms with Crippen LogP contribution in [-0.2, 0) is 0 Å². The van der Waals surface area contributed by atoms with E-state index in [0.29, 0.717) is 17.8 Å². The van der Waals surface area contributed by atoms with Gasteiger partial charge in [-0.1, -0.05) is 55.5 Å². The topological polar surface area (TPSA) is 84.4 Å². The first-order valence-electron chi connectivity index (χ1n) is 15.7. The van der Waals surface area contributed by atoms with Gasteiger partial charge in [-0.25, -0.2) is 15.0 Å². The number of nitrogens with two attached hydrogens (primary N) is 1. The Bertz CT molecular complexity index is 1670. The van der Waals surface area contributed by atoms with Gasteiger partial charge in [-0.3, -0.25) is 4.40 Å². The molecule has 1 saturated heterocycles. The fourth-order valence-corrected chi connectivity index (χ4v) is 7.00. The second-order valence-corrected chi connectivity index (χ2v) is 12.1. The van der Waals surface area contributed by atoms with E-state index in [-0.39, 0.29) is 0 Å². The molecule has 7 rings (SSSR count). The van der Waals surface area contributed by atoms with Crippen LogP contribution in [0.1, 0.15) is 63.6 Å². The molecule has 5 aromatic rings. The minimum Gasteiger partial charge on any atom is -0.382 e. The minimum absolute atomic E-state index is 0.404. The van der Waals surface area contributed by atoms with E-state index in [1.54, 1.807) is 6.20 Å². The van der Waals surface area contributed by atoms with E-state index in [2.05, 4.69) is 69.0 Å². The van der Waals surface area contributed by atoms with Crippen LogP contribution < -0.4 is 11.1 Å². The lowest BCUT2D eigenvalue weighted by Crippen LogP contribution is -2.41. The van der Waals surface area contributed by atoms with Crippen LogP contribution in [0.25, 0.3) is 38.9 Å². The lowest BCUT2D eigenvalue weighted by atomic mass is 9.79. The molecule has 0 radical (unpaired) electrons. The summed E-state index contributed by atoms with van der Waals surface area (Å²) in [5.41, 5.74) is 12.3. The highest BCUT2D eigenvalue weighted by atomic mass is 15.2. The lowest BCUT2D eigenvalue weighted by molar-refractivity contribution is 0.216. The van der Waals surface area contributed by atoms with Gasteiger partial charge >= 0.3 is 0 Å². The molecule has 7 nitrogen and oxygen atoms in total. The number of nitrogens with zero attached hydrogens (tertiary/aromatic N) is 5. The van der Waals surface area contributed by atoms with Gasteiger partial charge in [0.1, 0.15) is 22.9 Å². The van der Waals surface area contributed by atoms with Gasteiger partial charge in [-0.15, -0.1) is 0 Å². The third-order valence-corrected chi connectivity index (χ3v) is 9.42. The van der Waals surface area contributed by atoms with E-state index in [1.165, 1.54) is 45.2 Å². The second kappa shape index (κ2) is 11.8. The number of anilines is 1. The van der Waals surface area contributed by atoms with Crippen molar-refractivity contribution in [2.75, 3.05) is 25.4 Å². The van der Waals surface area contributed by atoms with E-state index in [1.807, 2.05) is 24.4 Å².